The zero-order valence-electron chi connectivity index (χ0n) is 11.7. The molecular weight excluding hydrogens is 276 g/mol. The number of amides is 1. The second-order valence-electron chi connectivity index (χ2n) is 5.25. The van der Waals surface area contributed by atoms with Gasteiger partial charge >= 0.3 is 0 Å². The molecule has 1 N–H and O–H groups in total. The van der Waals surface area contributed by atoms with Gasteiger partial charge in [0.05, 0.1) is 4.90 Å². The Balaban J connectivity index is 2.25. The SMILES string of the molecule is CC(C)NC(=O)[C@H]1CCCN1S(=O)(=O)c1ccccc1. The quantitative estimate of drug-likeness (QED) is 0.912. The van der Waals surface area contributed by atoms with Crippen LogP contribution in [0.4, 0.5) is 0 Å². The Morgan fingerprint density at radius 1 is 1.30 bits per heavy atom. The summed E-state index contributed by atoms with van der Waals surface area (Å²) in [6, 6.07) is 7.67. The number of carbonyl (C=O) groups excluding carboxylic acids is 1. The summed E-state index contributed by atoms with van der Waals surface area (Å²) in [5.41, 5.74) is 0. The fourth-order valence-electron chi connectivity index (χ4n) is 2.40. The molecule has 5 nitrogen and oxygen atoms in total. The maximum absolute atomic E-state index is 12.6. The molecule has 0 bridgehead atoms. The molecular formula is C14H20N2O3S. The first-order chi connectivity index (χ1) is 9.43. The average Bonchev–Trinajstić information content (AvgIpc) is 2.89. The summed E-state index contributed by atoms with van der Waals surface area (Å²) >= 11 is 0. The largest absolute Gasteiger partial charge is 0.353 e. The highest BCUT2D eigenvalue weighted by Crippen LogP contribution is 2.26. The van der Waals surface area contributed by atoms with E-state index in [-0.39, 0.29) is 16.8 Å². The molecule has 1 aliphatic rings. The standard InChI is InChI=1S/C14H20N2O3S/c1-11(2)15-14(17)13-9-6-10-16(13)20(18,19)12-7-4-3-5-8-12/h3-5,7-8,11,13H,6,9-10H2,1-2H3,(H,15,17)/t13-/m1/s1. The van der Waals surface area contributed by atoms with Crippen molar-refractivity contribution in [2.24, 2.45) is 0 Å². The summed E-state index contributed by atoms with van der Waals surface area (Å²) in [6.45, 7) is 4.12. The summed E-state index contributed by atoms with van der Waals surface area (Å²) in [6.07, 6.45) is 1.28. The van der Waals surface area contributed by atoms with E-state index in [1.807, 2.05) is 13.8 Å². The number of nitrogens with zero attached hydrogens (tertiary/aromatic N) is 1. The summed E-state index contributed by atoms with van der Waals surface area (Å²) in [5.74, 6) is -0.211. The molecule has 0 aliphatic carbocycles. The molecule has 2 rings (SSSR count). The van der Waals surface area contributed by atoms with Crippen molar-refractivity contribution in [3.8, 4) is 0 Å². The molecule has 1 saturated heterocycles. The minimum atomic E-state index is -3.60. The van der Waals surface area contributed by atoms with E-state index < -0.39 is 16.1 Å². The summed E-state index contributed by atoms with van der Waals surface area (Å²) in [5, 5.41) is 2.79. The lowest BCUT2D eigenvalue weighted by Gasteiger charge is -2.24. The van der Waals surface area contributed by atoms with Gasteiger partial charge in [0.2, 0.25) is 15.9 Å². The van der Waals surface area contributed by atoms with Crippen LogP contribution in [-0.4, -0.2) is 37.3 Å². The normalized spacial score (nSPS) is 20.2. The number of benzene rings is 1. The van der Waals surface area contributed by atoms with Crippen molar-refractivity contribution in [1.29, 1.82) is 0 Å². The minimum absolute atomic E-state index is 0.00405. The molecule has 1 aliphatic heterocycles. The molecule has 0 aromatic heterocycles. The van der Waals surface area contributed by atoms with Crippen LogP contribution in [0.3, 0.4) is 0 Å². The lowest BCUT2D eigenvalue weighted by molar-refractivity contribution is -0.124. The van der Waals surface area contributed by atoms with E-state index in [0.717, 1.165) is 0 Å². The molecule has 0 unspecified atom stereocenters. The molecule has 20 heavy (non-hydrogen) atoms. The third-order valence-electron chi connectivity index (χ3n) is 3.29. The Kier molecular flexibility index (Phi) is 4.45. The number of rotatable bonds is 4. The highest BCUT2D eigenvalue weighted by atomic mass is 32.2. The summed E-state index contributed by atoms with van der Waals surface area (Å²) in [7, 11) is -3.60. The highest BCUT2D eigenvalue weighted by molar-refractivity contribution is 7.89. The van der Waals surface area contributed by atoms with E-state index in [4.69, 9.17) is 0 Å². The summed E-state index contributed by atoms with van der Waals surface area (Å²) in [4.78, 5) is 12.4. The van der Waals surface area contributed by atoms with E-state index >= 15 is 0 Å². The Hall–Kier alpha value is -1.40. The Labute approximate surface area is 120 Å². The molecule has 0 radical (unpaired) electrons. The molecule has 1 aromatic rings. The third-order valence-corrected chi connectivity index (χ3v) is 5.21. The van der Waals surface area contributed by atoms with Gasteiger partial charge in [-0.05, 0) is 38.8 Å². The van der Waals surface area contributed by atoms with Crippen molar-refractivity contribution in [2.45, 2.75) is 43.7 Å². The Morgan fingerprint density at radius 2 is 1.95 bits per heavy atom. The van der Waals surface area contributed by atoms with Crippen LogP contribution in [0.25, 0.3) is 0 Å². The topological polar surface area (TPSA) is 66.5 Å². The molecule has 0 spiro atoms. The molecule has 1 atom stereocenters. The number of nitrogens with one attached hydrogen (secondary N) is 1. The van der Waals surface area contributed by atoms with Crippen molar-refractivity contribution in [3.05, 3.63) is 30.3 Å². The molecule has 0 saturated carbocycles. The molecule has 1 amide bonds. The monoisotopic (exact) mass is 296 g/mol. The second kappa shape index (κ2) is 5.93. The summed E-state index contributed by atoms with van der Waals surface area (Å²) < 4.78 is 26.5. The van der Waals surface area contributed by atoms with Gasteiger partial charge in [0, 0.05) is 12.6 Å². The Bertz CT molecular complexity index is 569. The van der Waals surface area contributed by atoms with Crippen LogP contribution >= 0.6 is 0 Å². The van der Waals surface area contributed by atoms with Crippen LogP contribution in [0.15, 0.2) is 35.2 Å². The van der Waals surface area contributed by atoms with Gasteiger partial charge in [-0.15, -0.1) is 0 Å². The van der Waals surface area contributed by atoms with Gasteiger partial charge in [-0.3, -0.25) is 4.79 Å². The van der Waals surface area contributed by atoms with E-state index in [1.165, 1.54) is 4.31 Å². The van der Waals surface area contributed by atoms with Gasteiger partial charge in [-0.2, -0.15) is 4.31 Å². The number of hydrogen-bond donors (Lipinski definition) is 1. The van der Waals surface area contributed by atoms with Gasteiger partial charge in [-0.25, -0.2) is 8.42 Å². The first-order valence-electron chi connectivity index (χ1n) is 6.80. The van der Waals surface area contributed by atoms with Gasteiger partial charge in [0.15, 0.2) is 0 Å². The number of sulfonamides is 1. The molecule has 1 fully saturated rings. The van der Waals surface area contributed by atoms with Gasteiger partial charge in [0.1, 0.15) is 6.04 Å². The number of carbonyl (C=O) groups is 1. The van der Waals surface area contributed by atoms with Crippen LogP contribution in [-0.2, 0) is 14.8 Å². The van der Waals surface area contributed by atoms with Crippen molar-refractivity contribution in [3.63, 3.8) is 0 Å². The highest BCUT2D eigenvalue weighted by Gasteiger charge is 2.39. The van der Waals surface area contributed by atoms with Crippen molar-refractivity contribution >= 4 is 15.9 Å². The molecule has 6 heteroatoms. The van der Waals surface area contributed by atoms with Crippen molar-refractivity contribution in [1.82, 2.24) is 9.62 Å². The fourth-order valence-corrected chi connectivity index (χ4v) is 4.08. The van der Waals surface area contributed by atoms with E-state index in [9.17, 15) is 13.2 Å². The van der Waals surface area contributed by atoms with E-state index in [0.29, 0.717) is 19.4 Å². The van der Waals surface area contributed by atoms with Crippen LogP contribution in [0.5, 0.6) is 0 Å². The van der Waals surface area contributed by atoms with Gasteiger partial charge in [0.25, 0.3) is 0 Å². The zero-order chi connectivity index (χ0) is 14.8. The smallest absolute Gasteiger partial charge is 0.243 e. The predicted molar refractivity (Wildman–Crippen MR) is 76.6 cm³/mol. The maximum Gasteiger partial charge on any atom is 0.243 e. The first-order valence-corrected chi connectivity index (χ1v) is 8.24. The predicted octanol–water partition coefficient (Wildman–Crippen LogP) is 1.36. The third kappa shape index (κ3) is 3.02. The second-order valence-corrected chi connectivity index (χ2v) is 7.14. The van der Waals surface area contributed by atoms with Crippen LogP contribution in [0.1, 0.15) is 26.7 Å². The zero-order valence-corrected chi connectivity index (χ0v) is 12.6. The first kappa shape index (κ1) is 15.0. The van der Waals surface area contributed by atoms with Gasteiger partial charge in [-0.1, -0.05) is 18.2 Å². The van der Waals surface area contributed by atoms with Crippen LogP contribution in [0.2, 0.25) is 0 Å². The van der Waals surface area contributed by atoms with Crippen LogP contribution < -0.4 is 5.32 Å². The Morgan fingerprint density at radius 3 is 2.55 bits per heavy atom. The van der Waals surface area contributed by atoms with Crippen molar-refractivity contribution in [2.75, 3.05) is 6.54 Å². The van der Waals surface area contributed by atoms with Crippen molar-refractivity contribution < 1.29 is 13.2 Å². The maximum atomic E-state index is 12.6. The van der Waals surface area contributed by atoms with Gasteiger partial charge < -0.3 is 5.32 Å². The number of hydrogen-bond acceptors (Lipinski definition) is 3. The molecule has 1 heterocycles. The molecule has 1 aromatic carbocycles. The van der Waals surface area contributed by atoms with Crippen LogP contribution in [0, 0.1) is 0 Å². The average molecular weight is 296 g/mol. The lowest BCUT2D eigenvalue weighted by Crippen LogP contribution is -2.47. The molecule has 110 valence electrons. The van der Waals surface area contributed by atoms with E-state index in [2.05, 4.69) is 5.32 Å². The fraction of sp³-hybridized carbons (Fsp3) is 0.500. The lowest BCUT2D eigenvalue weighted by atomic mass is 10.2. The minimum Gasteiger partial charge on any atom is -0.353 e. The van der Waals surface area contributed by atoms with E-state index in [1.54, 1.807) is 30.3 Å².